The second-order valence-electron chi connectivity index (χ2n) is 7.06. The number of esters is 1. The molecule has 1 fully saturated rings. The van der Waals surface area contributed by atoms with Crippen LogP contribution in [0.3, 0.4) is 0 Å². The van der Waals surface area contributed by atoms with Crippen LogP contribution in [0.2, 0.25) is 5.02 Å². The molecule has 2 N–H and O–H groups in total. The molecule has 1 aliphatic heterocycles. The zero-order chi connectivity index (χ0) is 21.1. The summed E-state index contributed by atoms with van der Waals surface area (Å²) in [6, 6.07) is 2.80. The molecule has 3 unspecified atom stereocenters. The van der Waals surface area contributed by atoms with Gasteiger partial charge in [0.2, 0.25) is 0 Å². The SMILES string of the molecule is CC(O)C(=O)OC1CCCNC1CC(=O)Cn1cnc2cc(Br)c(Cl)cc2c1=O. The Labute approximate surface area is 180 Å². The van der Waals surface area contributed by atoms with E-state index >= 15 is 0 Å². The van der Waals surface area contributed by atoms with E-state index in [9.17, 15) is 19.5 Å². The van der Waals surface area contributed by atoms with Crippen LogP contribution in [-0.2, 0) is 20.9 Å². The molecule has 3 rings (SSSR count). The molecule has 2 heterocycles. The first-order valence-electron chi connectivity index (χ1n) is 9.24. The first kappa shape index (κ1) is 21.9. The molecule has 1 aromatic carbocycles. The van der Waals surface area contributed by atoms with Crippen LogP contribution in [0.5, 0.6) is 0 Å². The first-order valence-corrected chi connectivity index (χ1v) is 10.4. The van der Waals surface area contributed by atoms with Gasteiger partial charge in [0.05, 0.1) is 34.8 Å². The molecule has 0 radical (unpaired) electrons. The minimum Gasteiger partial charge on any atom is -0.459 e. The van der Waals surface area contributed by atoms with E-state index in [0.29, 0.717) is 33.4 Å². The maximum atomic E-state index is 12.7. The van der Waals surface area contributed by atoms with Crippen LogP contribution in [0.1, 0.15) is 26.2 Å². The summed E-state index contributed by atoms with van der Waals surface area (Å²) in [6.45, 7) is 1.89. The van der Waals surface area contributed by atoms with Crippen LogP contribution in [0.25, 0.3) is 10.9 Å². The number of carbonyl (C=O) groups is 2. The van der Waals surface area contributed by atoms with Gasteiger partial charge in [0.1, 0.15) is 12.2 Å². The van der Waals surface area contributed by atoms with E-state index in [4.69, 9.17) is 16.3 Å². The van der Waals surface area contributed by atoms with Gasteiger partial charge in [-0.1, -0.05) is 11.6 Å². The number of halogens is 2. The molecule has 1 saturated heterocycles. The fraction of sp³-hybridized carbons (Fsp3) is 0.474. The van der Waals surface area contributed by atoms with Crippen molar-refractivity contribution in [2.75, 3.05) is 6.54 Å². The number of nitrogens with one attached hydrogen (secondary N) is 1. The number of piperidine rings is 1. The van der Waals surface area contributed by atoms with Crippen LogP contribution < -0.4 is 10.9 Å². The topological polar surface area (TPSA) is 111 Å². The van der Waals surface area contributed by atoms with E-state index in [-0.39, 0.29) is 30.3 Å². The van der Waals surface area contributed by atoms with Gasteiger partial charge in [-0.05, 0) is 54.4 Å². The van der Waals surface area contributed by atoms with E-state index in [1.807, 2.05) is 0 Å². The van der Waals surface area contributed by atoms with Crippen molar-refractivity contribution in [2.45, 2.75) is 51.0 Å². The van der Waals surface area contributed by atoms with Crippen molar-refractivity contribution in [3.05, 3.63) is 38.3 Å². The monoisotopic (exact) mass is 485 g/mol. The molecule has 2 aromatic rings. The van der Waals surface area contributed by atoms with Crippen LogP contribution in [-0.4, -0.2) is 51.2 Å². The van der Waals surface area contributed by atoms with Crippen molar-refractivity contribution in [1.29, 1.82) is 0 Å². The van der Waals surface area contributed by atoms with Crippen molar-refractivity contribution in [3.63, 3.8) is 0 Å². The number of aliphatic hydroxyl groups is 1. The normalized spacial score (nSPS) is 20.4. The quantitative estimate of drug-likeness (QED) is 0.599. The molecule has 156 valence electrons. The second kappa shape index (κ2) is 9.34. The minimum atomic E-state index is -1.22. The van der Waals surface area contributed by atoms with E-state index in [0.717, 1.165) is 6.42 Å². The minimum absolute atomic E-state index is 0.0866. The van der Waals surface area contributed by atoms with Crippen LogP contribution in [0.4, 0.5) is 0 Å². The maximum Gasteiger partial charge on any atom is 0.334 e. The van der Waals surface area contributed by atoms with Gasteiger partial charge in [0, 0.05) is 10.9 Å². The number of ketones is 1. The molecule has 10 heteroatoms. The Morgan fingerprint density at radius 2 is 2.24 bits per heavy atom. The average Bonchev–Trinajstić information content (AvgIpc) is 2.67. The van der Waals surface area contributed by atoms with E-state index in [1.54, 1.807) is 6.07 Å². The molecule has 8 nitrogen and oxygen atoms in total. The highest BCUT2D eigenvalue weighted by Crippen LogP contribution is 2.25. The number of aliphatic hydroxyl groups excluding tert-OH is 1. The van der Waals surface area contributed by atoms with E-state index < -0.39 is 18.2 Å². The number of nitrogens with zero attached hydrogens (tertiary/aromatic N) is 2. The summed E-state index contributed by atoms with van der Waals surface area (Å²) < 4.78 is 7.20. The lowest BCUT2D eigenvalue weighted by molar-refractivity contribution is -0.161. The lowest BCUT2D eigenvalue weighted by atomic mass is 9.96. The van der Waals surface area contributed by atoms with Crippen LogP contribution in [0, 0.1) is 0 Å². The Morgan fingerprint density at radius 1 is 1.48 bits per heavy atom. The third-order valence-electron chi connectivity index (χ3n) is 4.79. The summed E-state index contributed by atoms with van der Waals surface area (Å²) >= 11 is 9.36. The molecule has 1 aromatic heterocycles. The van der Waals surface area contributed by atoms with Gasteiger partial charge in [-0.25, -0.2) is 9.78 Å². The Balaban J connectivity index is 1.72. The molecular weight excluding hydrogens is 466 g/mol. The van der Waals surface area contributed by atoms with Crippen molar-refractivity contribution in [1.82, 2.24) is 14.9 Å². The molecule has 0 amide bonds. The summed E-state index contributed by atoms with van der Waals surface area (Å²) in [6.07, 6.45) is 1.10. The number of carbonyl (C=O) groups excluding carboxylic acids is 2. The summed E-state index contributed by atoms with van der Waals surface area (Å²) in [7, 11) is 0. The van der Waals surface area contributed by atoms with Gasteiger partial charge < -0.3 is 15.2 Å². The van der Waals surface area contributed by atoms with Crippen molar-refractivity contribution in [2.24, 2.45) is 0 Å². The molecular formula is C19H21BrClN3O5. The second-order valence-corrected chi connectivity index (χ2v) is 8.32. The smallest absolute Gasteiger partial charge is 0.334 e. The fourth-order valence-electron chi connectivity index (χ4n) is 3.28. The van der Waals surface area contributed by atoms with E-state index in [1.165, 1.54) is 23.9 Å². The third kappa shape index (κ3) is 5.22. The molecule has 1 aliphatic rings. The summed E-state index contributed by atoms with van der Waals surface area (Å²) in [5.41, 5.74) is 0.125. The highest BCUT2D eigenvalue weighted by molar-refractivity contribution is 9.10. The van der Waals surface area contributed by atoms with Crippen molar-refractivity contribution < 1.29 is 19.4 Å². The molecule has 0 aliphatic carbocycles. The average molecular weight is 487 g/mol. The Kier molecular flexibility index (Phi) is 7.05. The number of fused-ring (bicyclic) bond motifs is 1. The fourth-order valence-corrected chi connectivity index (χ4v) is 3.78. The van der Waals surface area contributed by atoms with Gasteiger partial charge in [-0.15, -0.1) is 0 Å². The molecule has 0 spiro atoms. The lowest BCUT2D eigenvalue weighted by Crippen LogP contribution is -2.49. The highest BCUT2D eigenvalue weighted by atomic mass is 79.9. The number of aromatic nitrogens is 2. The number of benzene rings is 1. The van der Waals surface area contributed by atoms with Gasteiger partial charge >= 0.3 is 5.97 Å². The Morgan fingerprint density at radius 3 is 2.97 bits per heavy atom. The number of hydrogen-bond acceptors (Lipinski definition) is 7. The summed E-state index contributed by atoms with van der Waals surface area (Å²) in [4.78, 5) is 41.2. The summed E-state index contributed by atoms with van der Waals surface area (Å²) in [5.74, 6) is -0.914. The van der Waals surface area contributed by atoms with Crippen molar-refractivity contribution >= 4 is 50.2 Å². The first-order chi connectivity index (χ1) is 13.8. The predicted molar refractivity (Wildman–Crippen MR) is 111 cm³/mol. The number of ether oxygens (including phenoxy) is 1. The third-order valence-corrected chi connectivity index (χ3v) is 5.99. The standard InChI is InChI=1S/C19H21BrClN3O5/c1-10(25)19(28)29-17-3-2-4-22-16(17)5-11(26)8-24-9-23-15-7-13(20)14(21)6-12(15)18(24)27/h6-7,9-10,16-17,22,25H,2-5,8H2,1H3. The molecule has 0 bridgehead atoms. The highest BCUT2D eigenvalue weighted by Gasteiger charge is 2.30. The lowest BCUT2D eigenvalue weighted by Gasteiger charge is -2.32. The van der Waals surface area contributed by atoms with E-state index in [2.05, 4.69) is 26.2 Å². The van der Waals surface area contributed by atoms with Crippen LogP contribution >= 0.6 is 27.5 Å². The number of hydrogen-bond donors (Lipinski definition) is 2. The Hall–Kier alpha value is -1.81. The zero-order valence-electron chi connectivity index (χ0n) is 15.7. The maximum absolute atomic E-state index is 12.7. The molecule has 29 heavy (non-hydrogen) atoms. The molecule has 3 atom stereocenters. The van der Waals surface area contributed by atoms with Gasteiger partial charge in [-0.2, -0.15) is 0 Å². The van der Waals surface area contributed by atoms with Gasteiger partial charge in [0.15, 0.2) is 5.78 Å². The predicted octanol–water partition coefficient (Wildman–Crippen LogP) is 1.82. The number of Topliss-reactive ketones (excluding diaryl/α,β-unsaturated/α-hetero) is 1. The van der Waals surface area contributed by atoms with Crippen LogP contribution in [0.15, 0.2) is 27.7 Å². The zero-order valence-corrected chi connectivity index (χ0v) is 18.1. The van der Waals surface area contributed by atoms with Gasteiger partial charge in [0.25, 0.3) is 5.56 Å². The molecule has 0 saturated carbocycles. The Bertz CT molecular complexity index is 994. The number of rotatable bonds is 6. The van der Waals surface area contributed by atoms with Gasteiger partial charge in [-0.3, -0.25) is 14.2 Å². The largest absolute Gasteiger partial charge is 0.459 e. The summed E-state index contributed by atoms with van der Waals surface area (Å²) in [5, 5.41) is 13.2. The van der Waals surface area contributed by atoms with Crippen molar-refractivity contribution in [3.8, 4) is 0 Å².